The van der Waals surface area contributed by atoms with E-state index in [1.54, 1.807) is 19.1 Å². The fourth-order valence-corrected chi connectivity index (χ4v) is 1.70. The quantitative estimate of drug-likeness (QED) is 0.810. The van der Waals surface area contributed by atoms with Crippen molar-refractivity contribution < 1.29 is 19.1 Å². The molecule has 20 heavy (non-hydrogen) atoms. The molecule has 0 unspecified atom stereocenters. The Kier molecular flexibility index (Phi) is 4.05. The van der Waals surface area contributed by atoms with Crippen molar-refractivity contribution in [3.05, 3.63) is 46.1 Å². The number of carbonyl (C=O) groups excluding carboxylic acids is 3. The number of carbonyl (C=O) groups is 3. The third kappa shape index (κ3) is 3.36. The number of halogens is 1. The normalized spacial score (nSPS) is 13.5. The van der Waals surface area contributed by atoms with Crippen molar-refractivity contribution >= 4 is 29.5 Å². The van der Waals surface area contributed by atoms with Gasteiger partial charge in [0.1, 0.15) is 6.61 Å². The third-order valence-corrected chi connectivity index (χ3v) is 3.01. The molecule has 0 spiro atoms. The summed E-state index contributed by atoms with van der Waals surface area (Å²) in [5.74, 6) is -1.09. The van der Waals surface area contributed by atoms with E-state index in [4.69, 9.17) is 11.6 Å². The summed E-state index contributed by atoms with van der Waals surface area (Å²) in [5.41, 5.74) is 1.35. The van der Waals surface area contributed by atoms with E-state index in [2.05, 4.69) is 15.4 Å². The van der Waals surface area contributed by atoms with Gasteiger partial charge in [0.15, 0.2) is 0 Å². The second kappa shape index (κ2) is 5.75. The number of rotatable bonds is 2. The fraction of sp³-hybridized carbons (Fsp3) is 0.154. The Morgan fingerprint density at radius 3 is 2.70 bits per heavy atom. The number of ether oxygens (including phenoxy) is 1. The summed E-state index contributed by atoms with van der Waals surface area (Å²) in [6, 6.07) is 3.94. The molecule has 0 fully saturated rings. The van der Waals surface area contributed by atoms with Crippen LogP contribution in [-0.4, -0.2) is 24.5 Å². The van der Waals surface area contributed by atoms with Gasteiger partial charge in [-0.3, -0.25) is 10.1 Å². The highest BCUT2D eigenvalue weighted by molar-refractivity contribution is 6.31. The number of nitrogens with one attached hydrogen (secondary N) is 2. The van der Waals surface area contributed by atoms with E-state index in [9.17, 15) is 14.4 Å². The third-order valence-electron chi connectivity index (χ3n) is 2.58. The van der Waals surface area contributed by atoms with Crippen molar-refractivity contribution in [1.29, 1.82) is 0 Å². The molecule has 0 saturated heterocycles. The molecular formula is C13H11ClN2O4. The summed E-state index contributed by atoms with van der Waals surface area (Å²) in [6.07, 6.45) is 1.15. The van der Waals surface area contributed by atoms with Crippen LogP contribution in [0.2, 0.25) is 5.02 Å². The molecule has 7 heteroatoms. The molecule has 0 atom stereocenters. The van der Waals surface area contributed by atoms with Crippen LogP contribution in [0.15, 0.2) is 30.0 Å². The second-order valence-electron chi connectivity index (χ2n) is 4.15. The molecule has 2 N–H and O–H groups in total. The maximum Gasteiger partial charge on any atom is 0.333 e. The van der Waals surface area contributed by atoms with Gasteiger partial charge in [0.25, 0.3) is 5.91 Å². The molecule has 0 saturated carbocycles. The smallest absolute Gasteiger partial charge is 0.333 e. The lowest BCUT2D eigenvalue weighted by Crippen LogP contribution is -2.39. The topological polar surface area (TPSA) is 84.5 Å². The largest absolute Gasteiger partial charge is 0.456 e. The van der Waals surface area contributed by atoms with Gasteiger partial charge in [0.2, 0.25) is 0 Å². The first-order chi connectivity index (χ1) is 9.45. The molecule has 6 nitrogen and oxygen atoms in total. The van der Waals surface area contributed by atoms with Gasteiger partial charge in [-0.2, -0.15) is 0 Å². The maximum absolute atomic E-state index is 11.8. The van der Waals surface area contributed by atoms with Crippen LogP contribution in [0.25, 0.3) is 0 Å². The number of benzene rings is 1. The molecule has 1 aromatic carbocycles. The molecule has 0 aliphatic carbocycles. The minimum atomic E-state index is -0.729. The molecule has 104 valence electrons. The number of esters is 1. The summed E-state index contributed by atoms with van der Waals surface area (Å²) in [7, 11) is 0. The standard InChI is InChI=1S/C13H11ClN2O4/c1-7-4-8(2-3-10(7)14)12(18)16-13(19)15-9-5-11(17)20-6-9/h2-5H,6H2,1H3,(H2,15,16,18,19). The SMILES string of the molecule is Cc1cc(C(=O)NC(=O)NC2=CC(=O)OC2)ccc1Cl. The highest BCUT2D eigenvalue weighted by Gasteiger charge is 2.17. The van der Waals surface area contributed by atoms with Crippen molar-refractivity contribution in [3.63, 3.8) is 0 Å². The zero-order valence-electron chi connectivity index (χ0n) is 10.5. The molecule has 0 aromatic heterocycles. The van der Waals surface area contributed by atoms with Gasteiger partial charge in [-0.1, -0.05) is 11.6 Å². The van der Waals surface area contributed by atoms with Crippen LogP contribution in [0, 0.1) is 6.92 Å². The van der Waals surface area contributed by atoms with Crippen molar-refractivity contribution in [3.8, 4) is 0 Å². The van der Waals surface area contributed by atoms with Crippen LogP contribution in [0.1, 0.15) is 15.9 Å². The van der Waals surface area contributed by atoms with Crippen LogP contribution in [-0.2, 0) is 9.53 Å². The van der Waals surface area contributed by atoms with Crippen LogP contribution in [0.5, 0.6) is 0 Å². The number of imide groups is 1. The van der Waals surface area contributed by atoms with E-state index in [-0.39, 0.29) is 6.61 Å². The average Bonchev–Trinajstić information content (AvgIpc) is 2.77. The van der Waals surface area contributed by atoms with E-state index in [0.29, 0.717) is 16.3 Å². The average molecular weight is 295 g/mol. The van der Waals surface area contributed by atoms with E-state index < -0.39 is 17.9 Å². The predicted molar refractivity (Wildman–Crippen MR) is 71.2 cm³/mol. The van der Waals surface area contributed by atoms with Crippen molar-refractivity contribution in [2.75, 3.05) is 6.61 Å². The Morgan fingerprint density at radius 2 is 2.10 bits per heavy atom. The number of amides is 3. The number of urea groups is 1. The van der Waals surface area contributed by atoms with Crippen molar-refractivity contribution in [2.24, 2.45) is 0 Å². The number of hydrogen-bond acceptors (Lipinski definition) is 4. The van der Waals surface area contributed by atoms with E-state index in [0.717, 1.165) is 11.6 Å². The first kappa shape index (κ1) is 14.1. The molecule has 2 rings (SSSR count). The van der Waals surface area contributed by atoms with Gasteiger partial charge in [-0.15, -0.1) is 0 Å². The zero-order valence-corrected chi connectivity index (χ0v) is 11.3. The molecule has 0 radical (unpaired) electrons. The summed E-state index contributed by atoms with van der Waals surface area (Å²) < 4.78 is 4.61. The van der Waals surface area contributed by atoms with Gasteiger partial charge in [0, 0.05) is 16.7 Å². The zero-order chi connectivity index (χ0) is 14.7. The van der Waals surface area contributed by atoms with Crippen LogP contribution in [0.4, 0.5) is 4.79 Å². The van der Waals surface area contributed by atoms with E-state index in [1.807, 2.05) is 0 Å². The van der Waals surface area contributed by atoms with Gasteiger partial charge in [0.05, 0.1) is 5.70 Å². The minimum Gasteiger partial charge on any atom is -0.456 e. The van der Waals surface area contributed by atoms with Crippen LogP contribution >= 0.6 is 11.6 Å². The lowest BCUT2D eigenvalue weighted by Gasteiger charge is -2.07. The summed E-state index contributed by atoms with van der Waals surface area (Å²) >= 11 is 5.85. The monoisotopic (exact) mass is 294 g/mol. The Morgan fingerprint density at radius 1 is 1.35 bits per heavy atom. The number of cyclic esters (lactones) is 1. The van der Waals surface area contributed by atoms with Gasteiger partial charge >= 0.3 is 12.0 Å². The van der Waals surface area contributed by atoms with Crippen molar-refractivity contribution in [1.82, 2.24) is 10.6 Å². The number of hydrogen-bond donors (Lipinski definition) is 2. The summed E-state index contributed by atoms with van der Waals surface area (Å²) in [4.78, 5) is 34.2. The fourth-order valence-electron chi connectivity index (χ4n) is 1.58. The molecule has 1 aromatic rings. The van der Waals surface area contributed by atoms with Crippen LogP contribution < -0.4 is 10.6 Å². The predicted octanol–water partition coefficient (Wildman–Crippen LogP) is 1.53. The van der Waals surface area contributed by atoms with Crippen LogP contribution in [0.3, 0.4) is 0 Å². The lowest BCUT2D eigenvalue weighted by atomic mass is 10.1. The van der Waals surface area contributed by atoms with E-state index in [1.165, 1.54) is 6.07 Å². The molecule has 0 bridgehead atoms. The Hall–Kier alpha value is -2.34. The molecule has 3 amide bonds. The highest BCUT2D eigenvalue weighted by atomic mass is 35.5. The second-order valence-corrected chi connectivity index (χ2v) is 4.56. The van der Waals surface area contributed by atoms with Gasteiger partial charge in [-0.25, -0.2) is 9.59 Å². The molecule has 1 aliphatic rings. The van der Waals surface area contributed by atoms with Crippen molar-refractivity contribution in [2.45, 2.75) is 6.92 Å². The first-order valence-electron chi connectivity index (χ1n) is 5.71. The van der Waals surface area contributed by atoms with Gasteiger partial charge < -0.3 is 10.1 Å². The summed E-state index contributed by atoms with van der Waals surface area (Å²) in [6.45, 7) is 1.74. The molecule has 1 heterocycles. The lowest BCUT2D eigenvalue weighted by molar-refractivity contribution is -0.134. The minimum absolute atomic E-state index is 0.0134. The highest BCUT2D eigenvalue weighted by Crippen LogP contribution is 2.16. The number of aryl methyl sites for hydroxylation is 1. The molecular weight excluding hydrogens is 284 g/mol. The van der Waals surface area contributed by atoms with E-state index >= 15 is 0 Å². The Balaban J connectivity index is 1.97. The Labute approximate surface area is 119 Å². The first-order valence-corrected chi connectivity index (χ1v) is 6.09. The van der Waals surface area contributed by atoms with Gasteiger partial charge in [-0.05, 0) is 30.7 Å². The Bertz CT molecular complexity index is 625. The summed E-state index contributed by atoms with van der Waals surface area (Å²) in [5, 5.41) is 5.04. The molecule has 1 aliphatic heterocycles. The maximum atomic E-state index is 11.8.